The zero-order chi connectivity index (χ0) is 18.7. The van der Waals surface area contributed by atoms with Crippen molar-refractivity contribution in [3.05, 3.63) is 74.2 Å². The first-order valence-corrected chi connectivity index (χ1v) is 9.35. The lowest BCUT2D eigenvalue weighted by molar-refractivity contribution is 0.102. The molecule has 3 aromatic rings. The van der Waals surface area contributed by atoms with Crippen molar-refractivity contribution in [2.45, 2.75) is 27.4 Å². The smallest absolute Gasteiger partial charge is 0.267 e. The summed E-state index contributed by atoms with van der Waals surface area (Å²) in [5.74, 6) is 0.565. The van der Waals surface area contributed by atoms with Crippen LogP contribution in [0, 0.1) is 20.8 Å². The van der Waals surface area contributed by atoms with Crippen molar-refractivity contribution in [1.82, 2.24) is 4.98 Å². The molecule has 0 aliphatic heterocycles. The van der Waals surface area contributed by atoms with Gasteiger partial charge in [-0.25, -0.2) is 4.98 Å². The van der Waals surface area contributed by atoms with Crippen LogP contribution in [-0.2, 0) is 6.61 Å². The van der Waals surface area contributed by atoms with E-state index in [-0.39, 0.29) is 5.91 Å². The van der Waals surface area contributed by atoms with Crippen LogP contribution < -0.4 is 10.1 Å². The molecule has 1 amide bonds. The summed E-state index contributed by atoms with van der Waals surface area (Å²) >= 11 is 7.21. The van der Waals surface area contributed by atoms with Gasteiger partial charge < -0.3 is 10.1 Å². The Morgan fingerprint density at radius 3 is 2.62 bits per heavy atom. The molecule has 134 valence electrons. The lowest BCUT2D eigenvalue weighted by Gasteiger charge is -2.09. The van der Waals surface area contributed by atoms with E-state index in [0.29, 0.717) is 28.0 Å². The maximum atomic E-state index is 12.6. The molecule has 0 radical (unpaired) electrons. The van der Waals surface area contributed by atoms with E-state index in [4.69, 9.17) is 16.3 Å². The molecule has 26 heavy (non-hydrogen) atoms. The van der Waals surface area contributed by atoms with Crippen molar-refractivity contribution in [3.63, 3.8) is 0 Å². The first kappa shape index (κ1) is 18.4. The molecule has 0 aliphatic rings. The van der Waals surface area contributed by atoms with Crippen molar-refractivity contribution in [1.29, 1.82) is 0 Å². The van der Waals surface area contributed by atoms with Gasteiger partial charge in [0.25, 0.3) is 5.91 Å². The van der Waals surface area contributed by atoms with Gasteiger partial charge in [0.1, 0.15) is 22.2 Å². The molecular formula is C20H19ClN2O2S. The third-order valence-electron chi connectivity index (χ3n) is 4.08. The van der Waals surface area contributed by atoms with Gasteiger partial charge in [0.15, 0.2) is 0 Å². The number of hydrogen-bond acceptors (Lipinski definition) is 4. The van der Waals surface area contributed by atoms with Crippen molar-refractivity contribution in [3.8, 4) is 5.75 Å². The number of benzene rings is 2. The maximum absolute atomic E-state index is 12.6. The topological polar surface area (TPSA) is 51.2 Å². The van der Waals surface area contributed by atoms with Gasteiger partial charge in [-0.05, 0) is 62.2 Å². The second-order valence-corrected chi connectivity index (χ2v) is 7.49. The lowest BCUT2D eigenvalue weighted by atomic mass is 10.1. The molecule has 0 bridgehead atoms. The lowest BCUT2D eigenvalue weighted by Crippen LogP contribution is -2.12. The van der Waals surface area contributed by atoms with E-state index in [1.807, 2.05) is 39.0 Å². The summed E-state index contributed by atoms with van der Waals surface area (Å²) in [4.78, 5) is 17.7. The number of rotatable bonds is 5. The highest BCUT2D eigenvalue weighted by Gasteiger charge is 2.16. The third-order valence-corrected chi connectivity index (χ3v) is 5.46. The number of nitrogens with zero attached hydrogens (tertiary/aromatic N) is 1. The van der Waals surface area contributed by atoms with E-state index in [2.05, 4.69) is 10.3 Å². The molecule has 2 aromatic carbocycles. The summed E-state index contributed by atoms with van der Waals surface area (Å²) in [6.07, 6.45) is 0. The van der Waals surface area contributed by atoms with Crippen LogP contribution in [0.1, 0.15) is 31.5 Å². The van der Waals surface area contributed by atoms with E-state index >= 15 is 0 Å². The zero-order valence-electron chi connectivity index (χ0n) is 14.8. The van der Waals surface area contributed by atoms with E-state index in [1.165, 1.54) is 11.3 Å². The number of amides is 1. The van der Waals surface area contributed by atoms with Crippen LogP contribution >= 0.6 is 22.9 Å². The Balaban J connectivity index is 1.70. The number of carbonyl (C=O) groups is 1. The summed E-state index contributed by atoms with van der Waals surface area (Å²) in [7, 11) is 0. The molecule has 0 unspecified atom stereocenters. The predicted molar refractivity (Wildman–Crippen MR) is 107 cm³/mol. The predicted octanol–water partition coefficient (Wildman–Crippen LogP) is 5.55. The number of ether oxygens (including phenoxy) is 1. The number of thiazole rings is 1. The third kappa shape index (κ3) is 4.23. The normalized spacial score (nSPS) is 10.6. The molecule has 0 fully saturated rings. The highest BCUT2D eigenvalue weighted by molar-refractivity contribution is 7.13. The Labute approximate surface area is 161 Å². The average molecular weight is 387 g/mol. The van der Waals surface area contributed by atoms with Gasteiger partial charge in [-0.2, -0.15) is 0 Å². The molecule has 4 nitrogen and oxygen atoms in total. The van der Waals surface area contributed by atoms with Crippen molar-refractivity contribution >= 4 is 34.5 Å². The number of carbonyl (C=O) groups excluding carboxylic acids is 1. The van der Waals surface area contributed by atoms with Crippen LogP contribution in [0.2, 0.25) is 5.02 Å². The minimum absolute atomic E-state index is 0.147. The minimum Gasteiger partial charge on any atom is -0.486 e. The molecule has 0 spiro atoms. The Morgan fingerprint density at radius 1 is 1.15 bits per heavy atom. The fraction of sp³-hybridized carbons (Fsp3) is 0.200. The fourth-order valence-electron chi connectivity index (χ4n) is 2.47. The zero-order valence-corrected chi connectivity index (χ0v) is 16.4. The molecule has 1 aromatic heterocycles. The van der Waals surface area contributed by atoms with E-state index in [9.17, 15) is 4.79 Å². The van der Waals surface area contributed by atoms with Crippen LogP contribution in [0.3, 0.4) is 0 Å². The largest absolute Gasteiger partial charge is 0.486 e. The van der Waals surface area contributed by atoms with Gasteiger partial charge in [0.2, 0.25) is 0 Å². The Bertz CT molecular complexity index is 935. The summed E-state index contributed by atoms with van der Waals surface area (Å²) in [6.45, 7) is 6.16. The average Bonchev–Trinajstić information content (AvgIpc) is 2.99. The maximum Gasteiger partial charge on any atom is 0.267 e. The first-order chi connectivity index (χ1) is 12.4. The van der Waals surface area contributed by atoms with Crippen molar-refractivity contribution in [2.24, 2.45) is 0 Å². The standard InChI is InChI=1S/C20H19ClN2O2S/c1-12-5-4-6-17(13(12)2)23-20(24)19-14(3)22-18(26-19)11-25-16-9-7-15(21)8-10-16/h4-10H,11H2,1-3H3,(H,23,24). The molecule has 1 heterocycles. The van der Waals surface area contributed by atoms with Crippen LogP contribution in [0.25, 0.3) is 0 Å². The Kier molecular flexibility index (Phi) is 5.59. The molecular weight excluding hydrogens is 368 g/mol. The van der Waals surface area contributed by atoms with Crippen molar-refractivity contribution < 1.29 is 9.53 Å². The number of nitrogens with one attached hydrogen (secondary N) is 1. The molecule has 0 aliphatic carbocycles. The molecule has 3 rings (SSSR count). The van der Waals surface area contributed by atoms with Crippen LogP contribution in [0.15, 0.2) is 42.5 Å². The van der Waals surface area contributed by atoms with Crippen LogP contribution in [-0.4, -0.2) is 10.9 Å². The Morgan fingerprint density at radius 2 is 1.88 bits per heavy atom. The first-order valence-electron chi connectivity index (χ1n) is 8.16. The Hall–Kier alpha value is -2.37. The number of halogens is 1. The van der Waals surface area contributed by atoms with Crippen LogP contribution in [0.4, 0.5) is 5.69 Å². The monoisotopic (exact) mass is 386 g/mol. The summed E-state index contributed by atoms with van der Waals surface area (Å²) < 4.78 is 5.71. The van der Waals surface area contributed by atoms with Gasteiger partial charge in [-0.1, -0.05) is 23.7 Å². The number of aryl methyl sites for hydroxylation is 2. The summed E-state index contributed by atoms with van der Waals surface area (Å²) in [5.41, 5.74) is 3.73. The van der Waals surface area contributed by atoms with E-state index in [0.717, 1.165) is 21.8 Å². The fourth-order valence-corrected chi connectivity index (χ4v) is 3.47. The quantitative estimate of drug-likeness (QED) is 0.625. The highest BCUT2D eigenvalue weighted by Crippen LogP contribution is 2.24. The molecule has 6 heteroatoms. The number of hydrogen-bond donors (Lipinski definition) is 1. The summed E-state index contributed by atoms with van der Waals surface area (Å²) in [5, 5.41) is 4.39. The minimum atomic E-state index is -0.147. The molecule has 1 N–H and O–H groups in total. The van der Waals surface area contributed by atoms with Gasteiger partial charge in [-0.3, -0.25) is 4.79 Å². The van der Waals surface area contributed by atoms with Crippen molar-refractivity contribution in [2.75, 3.05) is 5.32 Å². The second-order valence-electron chi connectivity index (χ2n) is 5.97. The van der Waals surface area contributed by atoms with Gasteiger partial charge >= 0.3 is 0 Å². The number of anilines is 1. The van der Waals surface area contributed by atoms with E-state index < -0.39 is 0 Å². The van der Waals surface area contributed by atoms with E-state index in [1.54, 1.807) is 24.3 Å². The molecule has 0 saturated carbocycles. The summed E-state index contributed by atoms with van der Waals surface area (Å²) in [6, 6.07) is 13.0. The van der Waals surface area contributed by atoms with Gasteiger partial charge in [0, 0.05) is 10.7 Å². The van der Waals surface area contributed by atoms with Crippen LogP contribution in [0.5, 0.6) is 5.75 Å². The highest BCUT2D eigenvalue weighted by atomic mass is 35.5. The second kappa shape index (κ2) is 7.89. The van der Waals surface area contributed by atoms with Gasteiger partial charge in [0.05, 0.1) is 5.69 Å². The molecule has 0 atom stereocenters. The SMILES string of the molecule is Cc1cccc(NC(=O)c2sc(COc3ccc(Cl)cc3)nc2C)c1C. The number of aromatic nitrogens is 1. The van der Waals surface area contributed by atoms with Gasteiger partial charge in [-0.15, -0.1) is 11.3 Å². The molecule has 0 saturated heterocycles.